The first-order valence-electron chi connectivity index (χ1n) is 11.3. The summed E-state index contributed by atoms with van der Waals surface area (Å²) in [6, 6.07) is 21.9. The van der Waals surface area contributed by atoms with Crippen LogP contribution in [0, 0.1) is 20.8 Å². The quantitative estimate of drug-likeness (QED) is 0.198. The molecule has 0 aliphatic carbocycles. The Labute approximate surface area is 258 Å². The minimum atomic E-state index is -1.48. The third kappa shape index (κ3) is 16.2. The van der Waals surface area contributed by atoms with Gasteiger partial charge in [0, 0.05) is 5.88 Å². The topological polar surface area (TPSA) is 78.9 Å². The van der Waals surface area contributed by atoms with Gasteiger partial charge in [-0.2, -0.15) is 0 Å². The molecule has 0 saturated heterocycles. The van der Waals surface area contributed by atoms with Gasteiger partial charge in [-0.1, -0.05) is 64.7 Å². The zero-order chi connectivity index (χ0) is 29.2. The molecule has 0 N–H and O–H groups in total. The highest BCUT2D eigenvalue weighted by Gasteiger charge is 2.07. The van der Waals surface area contributed by atoms with Crippen LogP contribution in [0.5, 0.6) is 0 Å². The van der Waals surface area contributed by atoms with Gasteiger partial charge in [0.1, 0.15) is 10.9 Å². The van der Waals surface area contributed by atoms with Gasteiger partial charge in [-0.15, -0.1) is 34.8 Å². The Balaban J connectivity index is 0.000000293. The Morgan fingerprint density at radius 2 is 0.923 bits per heavy atom. The summed E-state index contributed by atoms with van der Waals surface area (Å²) < 4.78 is 48.5. The maximum absolute atomic E-state index is 11.4. The number of alkyl halides is 4. The summed E-state index contributed by atoms with van der Waals surface area (Å²) in [5.74, 6) is 0.359. The van der Waals surface area contributed by atoms with E-state index >= 15 is 0 Å². The third-order valence-corrected chi connectivity index (χ3v) is 8.04. The number of hydrogen-bond acceptors (Lipinski definition) is 6. The molecule has 39 heavy (non-hydrogen) atoms. The van der Waals surface area contributed by atoms with E-state index in [4.69, 9.17) is 59.0 Å². The van der Waals surface area contributed by atoms with E-state index in [1.807, 2.05) is 57.2 Å². The van der Waals surface area contributed by atoms with Crippen LogP contribution in [-0.4, -0.2) is 42.6 Å². The fourth-order valence-electron chi connectivity index (χ4n) is 2.41. The molecule has 0 fully saturated rings. The second kappa shape index (κ2) is 20.9. The van der Waals surface area contributed by atoms with Crippen LogP contribution >= 0.6 is 46.4 Å². The Kier molecular flexibility index (Phi) is 19.4. The van der Waals surface area contributed by atoms with Crippen molar-refractivity contribution in [3.63, 3.8) is 0 Å². The van der Waals surface area contributed by atoms with Gasteiger partial charge in [0.15, 0.2) is 33.2 Å². The zero-order valence-electron chi connectivity index (χ0n) is 21.5. The van der Waals surface area contributed by atoms with Gasteiger partial charge in [-0.3, -0.25) is 12.5 Å². The van der Waals surface area contributed by atoms with E-state index in [1.165, 1.54) is 0 Å². The van der Waals surface area contributed by atoms with Crippen molar-refractivity contribution >= 4 is 79.6 Å². The van der Waals surface area contributed by atoms with E-state index in [2.05, 4.69) is 0 Å². The molecule has 0 bridgehead atoms. The number of halogens is 4. The van der Waals surface area contributed by atoms with Crippen molar-refractivity contribution in [2.24, 2.45) is 0 Å². The summed E-state index contributed by atoms with van der Waals surface area (Å²) in [4.78, 5) is 1.28. The Morgan fingerprint density at radius 1 is 0.590 bits per heavy atom. The average molecular weight is 677 g/mol. The van der Waals surface area contributed by atoms with Gasteiger partial charge in [0.05, 0.1) is 27.9 Å². The lowest BCUT2D eigenvalue weighted by molar-refractivity contribution is 0.365. The number of benzene rings is 3. The van der Waals surface area contributed by atoms with Crippen LogP contribution in [0.3, 0.4) is 0 Å². The summed E-state index contributed by atoms with van der Waals surface area (Å²) in [6.45, 7) is 6.27. The van der Waals surface area contributed by atoms with Gasteiger partial charge in [0.2, 0.25) is 0 Å². The molecule has 0 saturated carbocycles. The van der Waals surface area contributed by atoms with Gasteiger partial charge >= 0.3 is 0 Å². The molecule has 0 amide bonds. The van der Waals surface area contributed by atoms with Crippen molar-refractivity contribution < 1.29 is 25.2 Å². The second-order valence-corrected chi connectivity index (χ2v) is 13.0. The first-order chi connectivity index (χ1) is 18.6. The fourth-order valence-corrected chi connectivity index (χ4v) is 5.16. The molecule has 0 aliphatic rings. The Hall–Kier alpha value is -0.850. The molecule has 3 aromatic carbocycles. The van der Waals surface area contributed by atoms with Crippen LogP contribution < -0.4 is 0 Å². The molecule has 0 aromatic heterocycles. The molecule has 6 nitrogen and oxygen atoms in total. The van der Waals surface area contributed by atoms with E-state index in [9.17, 15) is 12.6 Å². The molecule has 3 rings (SSSR count). The lowest BCUT2D eigenvalue weighted by Crippen LogP contribution is -2.05. The van der Waals surface area contributed by atoms with Crippen LogP contribution in [0.1, 0.15) is 16.7 Å². The highest BCUT2D eigenvalue weighted by atomic mass is 35.5. The fraction of sp³-hybridized carbons (Fsp3) is 0.308. The molecule has 3 atom stereocenters. The van der Waals surface area contributed by atoms with Crippen molar-refractivity contribution in [3.05, 3.63) is 89.5 Å². The van der Waals surface area contributed by atoms with E-state index in [1.54, 1.807) is 36.4 Å². The average Bonchev–Trinajstić information content (AvgIpc) is 2.92. The highest BCUT2D eigenvalue weighted by molar-refractivity contribution is 7.80. The number of hydrogen-bond donors (Lipinski definition) is 0. The molecular formula is C26H30Cl4O6S3. The van der Waals surface area contributed by atoms with E-state index in [0.29, 0.717) is 27.2 Å². The van der Waals surface area contributed by atoms with Crippen molar-refractivity contribution in [2.75, 3.05) is 25.2 Å². The van der Waals surface area contributed by atoms with Gasteiger partial charge in [-0.25, -0.2) is 12.6 Å². The minimum Gasteiger partial charge on any atom is -0.285 e. The van der Waals surface area contributed by atoms with Crippen LogP contribution in [0.2, 0.25) is 0 Å². The molecule has 0 spiro atoms. The number of aryl methyl sites for hydroxylation is 3. The van der Waals surface area contributed by atoms with Crippen LogP contribution in [-0.2, 0) is 45.8 Å². The zero-order valence-corrected chi connectivity index (χ0v) is 27.0. The monoisotopic (exact) mass is 674 g/mol. The summed E-state index contributed by atoms with van der Waals surface area (Å²) in [7, 11) is 0. The van der Waals surface area contributed by atoms with Crippen LogP contribution in [0.25, 0.3) is 0 Å². The second-order valence-electron chi connectivity index (χ2n) is 7.56. The van der Waals surface area contributed by atoms with Crippen LogP contribution in [0.15, 0.2) is 87.5 Å². The van der Waals surface area contributed by atoms with Gasteiger partial charge in [0.25, 0.3) is 0 Å². The predicted octanol–water partition coefficient (Wildman–Crippen LogP) is 7.34. The molecule has 3 unspecified atom stereocenters. The maximum Gasteiger partial charge on any atom is 0.190 e. The van der Waals surface area contributed by atoms with Gasteiger partial charge < -0.3 is 0 Å². The SMILES string of the molecule is Cc1ccc(S(=O)OCC(Cl)Cl)cc1.Cc1ccc(S(=O)OCCCl)cc1.Cc1ccc(S(=O)OCCl)cc1. The van der Waals surface area contributed by atoms with Crippen molar-refractivity contribution in [1.82, 2.24) is 0 Å². The van der Waals surface area contributed by atoms with E-state index in [0.717, 1.165) is 16.7 Å². The van der Waals surface area contributed by atoms with E-state index < -0.39 is 38.1 Å². The lowest BCUT2D eigenvalue weighted by atomic mass is 10.2. The molecule has 0 heterocycles. The van der Waals surface area contributed by atoms with Crippen molar-refractivity contribution in [3.8, 4) is 0 Å². The van der Waals surface area contributed by atoms with Crippen LogP contribution in [0.4, 0.5) is 0 Å². The Morgan fingerprint density at radius 3 is 1.23 bits per heavy atom. The standard InChI is InChI=1S/C9H10Cl2O2S.C9H11ClO2S.C8H9ClO2S/c1-7-2-4-8(5-3-7)14(12)13-6-9(10)11;1-8-2-4-9(5-3-8)13(11)12-7-6-10;1-7-2-4-8(5-3-7)12(10)11-6-9/h2-5,9H,6H2,1H3;2-5H,6-7H2,1H3;2-5H,6H2,1H3. The van der Waals surface area contributed by atoms with Gasteiger partial charge in [-0.05, 0) is 57.2 Å². The first kappa shape index (κ1) is 36.2. The highest BCUT2D eigenvalue weighted by Crippen LogP contribution is 2.12. The molecule has 0 radical (unpaired) electrons. The summed E-state index contributed by atoms with van der Waals surface area (Å²) in [5, 5.41) is 0. The molecule has 13 heteroatoms. The lowest BCUT2D eigenvalue weighted by Gasteiger charge is -2.03. The first-order valence-corrected chi connectivity index (χ1v) is 16.5. The largest absolute Gasteiger partial charge is 0.285 e. The summed E-state index contributed by atoms with van der Waals surface area (Å²) in [5.41, 5.74) is 3.37. The number of rotatable bonds is 11. The minimum absolute atomic E-state index is 0.0551. The molecular weight excluding hydrogens is 646 g/mol. The van der Waals surface area contributed by atoms with Crippen molar-refractivity contribution in [2.45, 2.75) is 40.3 Å². The summed E-state index contributed by atoms with van der Waals surface area (Å²) >= 11 is 17.3. The maximum atomic E-state index is 11.4. The third-order valence-electron chi connectivity index (χ3n) is 4.36. The predicted molar refractivity (Wildman–Crippen MR) is 163 cm³/mol. The summed E-state index contributed by atoms with van der Waals surface area (Å²) in [6.07, 6.45) is 0. The Bertz CT molecular complexity index is 1160. The molecule has 3 aromatic rings. The molecule has 216 valence electrons. The molecule has 0 aliphatic heterocycles. The smallest absolute Gasteiger partial charge is 0.190 e. The van der Waals surface area contributed by atoms with Crippen molar-refractivity contribution in [1.29, 1.82) is 0 Å². The normalized spacial score (nSPS) is 12.9. The van der Waals surface area contributed by atoms with E-state index in [-0.39, 0.29) is 12.7 Å².